The van der Waals surface area contributed by atoms with Crippen LogP contribution in [-0.4, -0.2) is 33.2 Å². The molecule has 5 nitrogen and oxygen atoms in total. The fourth-order valence-electron chi connectivity index (χ4n) is 1.66. The Bertz CT molecular complexity index is 419. The van der Waals surface area contributed by atoms with Gasteiger partial charge in [0.15, 0.2) is 11.5 Å². The Morgan fingerprint density at radius 3 is 2.44 bits per heavy atom. The molecule has 18 heavy (non-hydrogen) atoms. The van der Waals surface area contributed by atoms with E-state index < -0.39 is 0 Å². The van der Waals surface area contributed by atoms with Crippen molar-refractivity contribution < 1.29 is 14.3 Å². The van der Waals surface area contributed by atoms with Crippen molar-refractivity contribution >= 4 is 5.91 Å². The lowest BCUT2D eigenvalue weighted by atomic mass is 10.0. The third-order valence-corrected chi connectivity index (χ3v) is 2.66. The lowest BCUT2D eigenvalue weighted by Crippen LogP contribution is -2.30. The Morgan fingerprint density at radius 2 is 1.89 bits per heavy atom. The van der Waals surface area contributed by atoms with E-state index in [1.807, 2.05) is 19.1 Å². The Morgan fingerprint density at radius 1 is 1.28 bits per heavy atom. The molecule has 5 heteroatoms. The third kappa shape index (κ3) is 3.63. The highest BCUT2D eigenvalue weighted by atomic mass is 16.5. The number of aryl methyl sites for hydroxylation is 1. The molecule has 1 amide bonds. The number of benzene rings is 1. The highest BCUT2D eigenvalue weighted by Crippen LogP contribution is 2.30. The molecule has 0 unspecified atom stereocenters. The van der Waals surface area contributed by atoms with Crippen LogP contribution in [0.1, 0.15) is 11.1 Å². The maximum Gasteiger partial charge on any atom is 0.224 e. The van der Waals surface area contributed by atoms with Crippen molar-refractivity contribution in [1.29, 1.82) is 0 Å². The van der Waals surface area contributed by atoms with E-state index in [2.05, 4.69) is 5.32 Å². The molecule has 1 aromatic carbocycles. The number of hydrogen-bond acceptors (Lipinski definition) is 4. The second kappa shape index (κ2) is 6.86. The van der Waals surface area contributed by atoms with E-state index in [9.17, 15) is 4.79 Å². The summed E-state index contributed by atoms with van der Waals surface area (Å²) in [6.07, 6.45) is 0.312. The smallest absolute Gasteiger partial charge is 0.224 e. The average molecular weight is 252 g/mol. The van der Waals surface area contributed by atoms with Gasteiger partial charge in [0, 0.05) is 13.1 Å². The van der Waals surface area contributed by atoms with Crippen LogP contribution in [-0.2, 0) is 11.2 Å². The van der Waals surface area contributed by atoms with Crippen molar-refractivity contribution in [3.63, 3.8) is 0 Å². The molecule has 0 atom stereocenters. The van der Waals surface area contributed by atoms with Gasteiger partial charge in [0.05, 0.1) is 20.6 Å². The van der Waals surface area contributed by atoms with Crippen molar-refractivity contribution in [3.8, 4) is 11.5 Å². The fourth-order valence-corrected chi connectivity index (χ4v) is 1.66. The predicted molar refractivity (Wildman–Crippen MR) is 70.1 cm³/mol. The van der Waals surface area contributed by atoms with Gasteiger partial charge in [-0.15, -0.1) is 0 Å². The van der Waals surface area contributed by atoms with Gasteiger partial charge in [0.25, 0.3) is 0 Å². The van der Waals surface area contributed by atoms with Gasteiger partial charge in [-0.3, -0.25) is 4.79 Å². The number of carbonyl (C=O) groups excluding carboxylic acids is 1. The maximum absolute atomic E-state index is 11.6. The summed E-state index contributed by atoms with van der Waals surface area (Å²) in [6, 6.07) is 3.70. The highest BCUT2D eigenvalue weighted by molar-refractivity contribution is 5.79. The number of nitrogens with two attached hydrogens (primary N) is 1. The number of hydrogen-bond donors (Lipinski definition) is 2. The van der Waals surface area contributed by atoms with Gasteiger partial charge in [-0.05, 0) is 30.2 Å². The summed E-state index contributed by atoms with van der Waals surface area (Å²) < 4.78 is 10.4. The zero-order valence-electron chi connectivity index (χ0n) is 11.1. The van der Waals surface area contributed by atoms with Crippen molar-refractivity contribution in [2.24, 2.45) is 5.73 Å². The van der Waals surface area contributed by atoms with E-state index in [1.165, 1.54) is 0 Å². The minimum atomic E-state index is -0.0456. The quantitative estimate of drug-likeness (QED) is 0.779. The molecule has 0 saturated heterocycles. The van der Waals surface area contributed by atoms with Gasteiger partial charge in [0.1, 0.15) is 0 Å². The van der Waals surface area contributed by atoms with Crippen LogP contribution in [0.4, 0.5) is 0 Å². The lowest BCUT2D eigenvalue weighted by Gasteiger charge is -2.12. The van der Waals surface area contributed by atoms with E-state index in [0.29, 0.717) is 31.0 Å². The Hall–Kier alpha value is -1.75. The Labute approximate surface area is 107 Å². The van der Waals surface area contributed by atoms with E-state index in [1.54, 1.807) is 14.2 Å². The molecule has 100 valence electrons. The van der Waals surface area contributed by atoms with Gasteiger partial charge in [0.2, 0.25) is 5.91 Å². The van der Waals surface area contributed by atoms with E-state index >= 15 is 0 Å². The first-order chi connectivity index (χ1) is 8.62. The molecule has 3 N–H and O–H groups in total. The van der Waals surface area contributed by atoms with Gasteiger partial charge in [-0.25, -0.2) is 0 Å². The number of methoxy groups -OCH3 is 2. The van der Waals surface area contributed by atoms with Crippen LogP contribution >= 0.6 is 0 Å². The molecule has 0 fully saturated rings. The van der Waals surface area contributed by atoms with Gasteiger partial charge in [-0.2, -0.15) is 0 Å². The molecule has 1 rings (SSSR count). The van der Waals surface area contributed by atoms with Crippen LogP contribution in [0, 0.1) is 6.92 Å². The first-order valence-corrected chi connectivity index (χ1v) is 5.80. The number of rotatable bonds is 6. The first-order valence-electron chi connectivity index (χ1n) is 5.80. The molecule has 0 aliphatic carbocycles. The van der Waals surface area contributed by atoms with E-state index in [-0.39, 0.29) is 5.91 Å². The summed E-state index contributed by atoms with van der Waals surface area (Å²) in [5.74, 6) is 1.25. The summed E-state index contributed by atoms with van der Waals surface area (Å²) in [4.78, 5) is 11.6. The fraction of sp³-hybridized carbons (Fsp3) is 0.462. The molecular formula is C13H20N2O3. The monoisotopic (exact) mass is 252 g/mol. The molecule has 0 saturated carbocycles. The number of amides is 1. The molecule has 0 heterocycles. The Kier molecular flexibility index (Phi) is 5.45. The van der Waals surface area contributed by atoms with Gasteiger partial charge < -0.3 is 20.5 Å². The standard InChI is InChI=1S/C13H20N2O3/c1-9-6-11(17-2)12(18-3)7-10(9)8-13(16)15-5-4-14/h6-7H,4-5,8,14H2,1-3H3,(H,15,16). The topological polar surface area (TPSA) is 73.6 Å². The highest BCUT2D eigenvalue weighted by Gasteiger charge is 2.11. The molecular weight excluding hydrogens is 232 g/mol. The lowest BCUT2D eigenvalue weighted by molar-refractivity contribution is -0.120. The van der Waals surface area contributed by atoms with Crippen LogP contribution in [0.15, 0.2) is 12.1 Å². The molecule has 0 aliphatic heterocycles. The Balaban J connectivity index is 2.85. The minimum Gasteiger partial charge on any atom is -0.493 e. The molecule has 0 aliphatic rings. The second-order valence-electron chi connectivity index (χ2n) is 3.95. The summed E-state index contributed by atoms with van der Waals surface area (Å²) >= 11 is 0. The molecule has 1 aromatic rings. The van der Waals surface area contributed by atoms with Gasteiger partial charge in [-0.1, -0.05) is 0 Å². The van der Waals surface area contributed by atoms with Crippen LogP contribution < -0.4 is 20.5 Å². The normalized spacial score (nSPS) is 10.0. The van der Waals surface area contributed by atoms with Crippen molar-refractivity contribution in [2.45, 2.75) is 13.3 Å². The SMILES string of the molecule is COc1cc(C)c(CC(=O)NCCN)cc1OC. The number of ether oxygens (including phenoxy) is 2. The molecule has 0 bridgehead atoms. The second-order valence-corrected chi connectivity index (χ2v) is 3.95. The third-order valence-electron chi connectivity index (χ3n) is 2.66. The van der Waals surface area contributed by atoms with E-state index in [4.69, 9.17) is 15.2 Å². The van der Waals surface area contributed by atoms with Gasteiger partial charge >= 0.3 is 0 Å². The number of nitrogens with one attached hydrogen (secondary N) is 1. The van der Waals surface area contributed by atoms with E-state index in [0.717, 1.165) is 11.1 Å². The summed E-state index contributed by atoms with van der Waals surface area (Å²) in [7, 11) is 3.16. The summed E-state index contributed by atoms with van der Waals surface area (Å²) in [5.41, 5.74) is 7.25. The van der Waals surface area contributed by atoms with Crippen molar-refractivity contribution in [2.75, 3.05) is 27.3 Å². The zero-order valence-corrected chi connectivity index (χ0v) is 11.1. The summed E-state index contributed by atoms with van der Waals surface area (Å²) in [5, 5.41) is 2.74. The van der Waals surface area contributed by atoms with Crippen molar-refractivity contribution in [1.82, 2.24) is 5.32 Å². The maximum atomic E-state index is 11.6. The molecule has 0 aromatic heterocycles. The molecule has 0 radical (unpaired) electrons. The predicted octanol–water partition coefficient (Wildman–Crippen LogP) is 0.630. The largest absolute Gasteiger partial charge is 0.493 e. The van der Waals surface area contributed by atoms with Crippen LogP contribution in [0.25, 0.3) is 0 Å². The van der Waals surface area contributed by atoms with Crippen molar-refractivity contribution in [3.05, 3.63) is 23.3 Å². The average Bonchev–Trinajstić information content (AvgIpc) is 2.38. The summed E-state index contributed by atoms with van der Waals surface area (Å²) in [6.45, 7) is 2.87. The van der Waals surface area contributed by atoms with Crippen LogP contribution in [0.5, 0.6) is 11.5 Å². The van der Waals surface area contributed by atoms with Crippen LogP contribution in [0.2, 0.25) is 0 Å². The van der Waals surface area contributed by atoms with Crippen LogP contribution in [0.3, 0.4) is 0 Å². The number of carbonyl (C=O) groups is 1. The zero-order chi connectivity index (χ0) is 13.5. The first kappa shape index (κ1) is 14.3. The molecule has 0 spiro atoms. The minimum absolute atomic E-state index is 0.0456.